The van der Waals surface area contributed by atoms with E-state index in [0.717, 1.165) is 0 Å². The summed E-state index contributed by atoms with van der Waals surface area (Å²) in [5.41, 5.74) is -0.630. The normalized spacial score (nSPS) is 18.3. The third kappa shape index (κ3) is 1.83. The summed E-state index contributed by atoms with van der Waals surface area (Å²) >= 11 is 11.1. The molecule has 1 fully saturated rings. The number of rotatable bonds is 3. The van der Waals surface area contributed by atoms with Gasteiger partial charge < -0.3 is 15.0 Å². The highest BCUT2D eigenvalue weighted by Crippen LogP contribution is 2.36. The van der Waals surface area contributed by atoms with Gasteiger partial charge in [0.15, 0.2) is 0 Å². The minimum absolute atomic E-state index is 0.148. The van der Waals surface area contributed by atoms with Crippen LogP contribution in [0.3, 0.4) is 0 Å². The van der Waals surface area contributed by atoms with E-state index in [0.29, 0.717) is 28.4 Å². The third-order valence-electron chi connectivity index (χ3n) is 2.87. The molecule has 1 aromatic heterocycles. The van der Waals surface area contributed by atoms with E-state index in [1.807, 2.05) is 4.90 Å². The predicted octanol–water partition coefficient (Wildman–Crippen LogP) is 2.17. The number of aromatic nitrogens is 1. The molecule has 2 N–H and O–H groups in total. The molecular formula is C10H12ClFN2OS. The van der Waals surface area contributed by atoms with Crippen LogP contribution in [0.1, 0.15) is 0 Å². The van der Waals surface area contributed by atoms with Gasteiger partial charge in [-0.25, -0.2) is 0 Å². The van der Waals surface area contributed by atoms with Crippen molar-refractivity contribution in [1.82, 2.24) is 4.98 Å². The Hall–Kier alpha value is -0.650. The second-order valence-electron chi connectivity index (χ2n) is 4.15. The third-order valence-corrected chi connectivity index (χ3v) is 3.70. The van der Waals surface area contributed by atoms with Crippen LogP contribution in [0, 0.1) is 9.93 Å². The molecule has 0 aromatic carbocycles. The van der Waals surface area contributed by atoms with Gasteiger partial charge >= 0.3 is 0 Å². The fourth-order valence-corrected chi connectivity index (χ4v) is 2.23. The quantitative estimate of drug-likeness (QED) is 0.820. The molecule has 1 aromatic rings. The Morgan fingerprint density at radius 3 is 2.88 bits per heavy atom. The number of H-pyrrole nitrogens is 1. The van der Waals surface area contributed by atoms with E-state index in [9.17, 15) is 4.39 Å². The number of anilines is 1. The molecular weight excluding hydrogens is 251 g/mol. The van der Waals surface area contributed by atoms with Gasteiger partial charge in [0.1, 0.15) is 12.5 Å². The predicted molar refractivity (Wildman–Crippen MR) is 64.3 cm³/mol. The molecule has 0 saturated carbocycles. The Labute approximate surface area is 103 Å². The smallest absolute Gasteiger partial charge is 0.126 e. The second kappa shape index (κ2) is 4.31. The van der Waals surface area contributed by atoms with Crippen molar-refractivity contribution in [2.75, 3.05) is 31.3 Å². The second-order valence-corrected chi connectivity index (χ2v) is 4.97. The van der Waals surface area contributed by atoms with Gasteiger partial charge in [-0.2, -0.15) is 0 Å². The summed E-state index contributed by atoms with van der Waals surface area (Å²) < 4.78 is 13.3. The van der Waals surface area contributed by atoms with Crippen LogP contribution in [0.4, 0.5) is 10.2 Å². The van der Waals surface area contributed by atoms with E-state index in [-0.39, 0.29) is 6.61 Å². The number of alkyl halides is 1. The van der Waals surface area contributed by atoms with Gasteiger partial charge in [-0.3, -0.25) is 4.39 Å². The molecule has 1 saturated heterocycles. The van der Waals surface area contributed by atoms with E-state index in [2.05, 4.69) is 4.98 Å². The molecule has 0 atom stereocenters. The van der Waals surface area contributed by atoms with E-state index in [4.69, 9.17) is 28.9 Å². The summed E-state index contributed by atoms with van der Waals surface area (Å²) in [6.07, 6.45) is 1.71. The van der Waals surface area contributed by atoms with E-state index in [1.54, 1.807) is 12.3 Å². The van der Waals surface area contributed by atoms with Crippen molar-refractivity contribution in [2.24, 2.45) is 5.41 Å². The van der Waals surface area contributed by atoms with Crippen molar-refractivity contribution in [3.05, 3.63) is 21.8 Å². The van der Waals surface area contributed by atoms with Crippen molar-refractivity contribution in [3.63, 3.8) is 0 Å². The number of nitrogens with one attached hydrogen (secondary N) is 1. The maximum absolute atomic E-state index is 12.7. The SMILES string of the molecule is OCC1(CF)CN(c2[nH]ccc(=S)c2Cl)C1. The monoisotopic (exact) mass is 262 g/mol. The van der Waals surface area contributed by atoms with Crippen molar-refractivity contribution in [2.45, 2.75) is 0 Å². The fourth-order valence-electron chi connectivity index (χ4n) is 1.83. The van der Waals surface area contributed by atoms with Crippen LogP contribution < -0.4 is 4.90 Å². The summed E-state index contributed by atoms with van der Waals surface area (Å²) in [5, 5.41) is 9.57. The molecule has 88 valence electrons. The van der Waals surface area contributed by atoms with Crippen LogP contribution in [0.5, 0.6) is 0 Å². The van der Waals surface area contributed by atoms with Crippen LogP contribution in [0.2, 0.25) is 5.02 Å². The highest BCUT2D eigenvalue weighted by atomic mass is 35.5. The molecule has 16 heavy (non-hydrogen) atoms. The van der Waals surface area contributed by atoms with Crippen molar-refractivity contribution in [3.8, 4) is 0 Å². The number of halogens is 2. The Morgan fingerprint density at radius 2 is 2.31 bits per heavy atom. The van der Waals surface area contributed by atoms with E-state index >= 15 is 0 Å². The van der Waals surface area contributed by atoms with Crippen LogP contribution in [0.15, 0.2) is 12.3 Å². The van der Waals surface area contributed by atoms with Crippen LogP contribution in [-0.2, 0) is 0 Å². The Balaban J connectivity index is 2.18. The standard InChI is InChI=1S/C10H12ClFN2OS/c11-8-7(16)1-2-13-9(8)14-4-10(3-12,5-14)6-15/h1-2,15H,3-6H2,(H,13,16). The average molecular weight is 263 g/mol. The zero-order valence-corrected chi connectivity index (χ0v) is 10.1. The highest BCUT2D eigenvalue weighted by Gasteiger charge is 2.43. The van der Waals surface area contributed by atoms with Crippen molar-refractivity contribution < 1.29 is 9.50 Å². The number of pyridine rings is 1. The fraction of sp³-hybridized carbons (Fsp3) is 0.500. The maximum Gasteiger partial charge on any atom is 0.126 e. The van der Waals surface area contributed by atoms with Crippen LogP contribution in [-0.4, -0.2) is 36.5 Å². The summed E-state index contributed by atoms with van der Waals surface area (Å²) in [6, 6.07) is 1.70. The van der Waals surface area contributed by atoms with E-state index < -0.39 is 12.1 Å². The molecule has 1 aliphatic heterocycles. The molecule has 0 amide bonds. The first-order valence-electron chi connectivity index (χ1n) is 4.91. The lowest BCUT2D eigenvalue weighted by Crippen LogP contribution is -2.60. The molecule has 2 rings (SSSR count). The molecule has 0 radical (unpaired) electrons. The molecule has 0 bridgehead atoms. The lowest BCUT2D eigenvalue weighted by atomic mass is 9.82. The number of aliphatic hydroxyl groups is 1. The zero-order chi connectivity index (χ0) is 11.8. The number of aliphatic hydroxyl groups excluding tert-OH is 1. The van der Waals surface area contributed by atoms with Crippen molar-refractivity contribution in [1.29, 1.82) is 0 Å². The first-order chi connectivity index (χ1) is 7.62. The van der Waals surface area contributed by atoms with Gasteiger partial charge in [0.25, 0.3) is 0 Å². The molecule has 2 heterocycles. The lowest BCUT2D eigenvalue weighted by Gasteiger charge is -2.48. The van der Waals surface area contributed by atoms with Crippen LogP contribution in [0.25, 0.3) is 0 Å². The maximum atomic E-state index is 12.7. The molecule has 3 nitrogen and oxygen atoms in total. The molecule has 1 aliphatic rings. The van der Waals surface area contributed by atoms with E-state index in [1.165, 1.54) is 0 Å². The minimum atomic E-state index is -0.630. The topological polar surface area (TPSA) is 39.3 Å². The molecule has 0 spiro atoms. The Kier molecular flexibility index (Phi) is 3.19. The first kappa shape index (κ1) is 11.8. The number of hydrogen-bond donors (Lipinski definition) is 2. The van der Waals surface area contributed by atoms with Crippen LogP contribution >= 0.6 is 23.8 Å². The summed E-state index contributed by atoms with van der Waals surface area (Å²) in [6.45, 7) is 0.236. The number of aromatic amines is 1. The molecule has 6 heteroatoms. The molecule has 0 aliphatic carbocycles. The van der Waals surface area contributed by atoms with Gasteiger partial charge in [0, 0.05) is 19.3 Å². The van der Waals surface area contributed by atoms with Gasteiger partial charge in [0.2, 0.25) is 0 Å². The molecule has 0 unspecified atom stereocenters. The average Bonchev–Trinajstić information content (AvgIpc) is 2.24. The van der Waals surface area contributed by atoms with Gasteiger partial charge in [-0.05, 0) is 6.07 Å². The summed E-state index contributed by atoms with van der Waals surface area (Å²) in [4.78, 5) is 4.87. The first-order valence-corrected chi connectivity index (χ1v) is 5.69. The summed E-state index contributed by atoms with van der Waals surface area (Å²) in [7, 11) is 0. The zero-order valence-electron chi connectivity index (χ0n) is 8.54. The van der Waals surface area contributed by atoms with Gasteiger partial charge in [-0.15, -0.1) is 0 Å². The number of hydrogen-bond acceptors (Lipinski definition) is 3. The Bertz CT molecular complexity index is 439. The minimum Gasteiger partial charge on any atom is -0.396 e. The van der Waals surface area contributed by atoms with Gasteiger partial charge in [-0.1, -0.05) is 23.8 Å². The lowest BCUT2D eigenvalue weighted by molar-refractivity contribution is 0.0645. The summed E-state index contributed by atoms with van der Waals surface area (Å²) in [5.74, 6) is 0.701. The van der Waals surface area contributed by atoms with Crippen molar-refractivity contribution >= 4 is 29.6 Å². The Morgan fingerprint density at radius 1 is 1.62 bits per heavy atom. The largest absolute Gasteiger partial charge is 0.396 e. The van der Waals surface area contributed by atoms with Gasteiger partial charge in [0.05, 0.1) is 21.6 Å². The number of nitrogens with zero attached hydrogens (tertiary/aromatic N) is 1. The highest BCUT2D eigenvalue weighted by molar-refractivity contribution is 7.71.